The highest BCUT2D eigenvalue weighted by molar-refractivity contribution is 5.90. The van der Waals surface area contributed by atoms with Gasteiger partial charge in [-0.2, -0.15) is 0 Å². The number of hydrogen-bond acceptors (Lipinski definition) is 5. The minimum atomic E-state index is -0.446. The third-order valence-electron chi connectivity index (χ3n) is 4.36. The highest BCUT2D eigenvalue weighted by Gasteiger charge is 2.33. The van der Waals surface area contributed by atoms with Gasteiger partial charge in [-0.05, 0) is 38.1 Å². The minimum Gasteiger partial charge on any atom is -0.459 e. The number of benzene rings is 2. The molecule has 0 radical (unpaired) electrons. The molecule has 0 spiro atoms. The third kappa shape index (κ3) is 4.49. The summed E-state index contributed by atoms with van der Waals surface area (Å²) in [5.74, 6) is -0.806. The molecule has 0 aromatic heterocycles. The summed E-state index contributed by atoms with van der Waals surface area (Å²) < 4.78 is 16.5. The average Bonchev–Trinajstić information content (AvgIpc) is 3.08. The van der Waals surface area contributed by atoms with Crippen LogP contribution < -0.4 is 0 Å². The Morgan fingerprint density at radius 3 is 2.04 bits per heavy atom. The molecule has 26 heavy (non-hydrogen) atoms. The van der Waals surface area contributed by atoms with E-state index in [0.717, 1.165) is 11.1 Å². The Morgan fingerprint density at radius 1 is 0.923 bits per heavy atom. The van der Waals surface area contributed by atoms with Gasteiger partial charge < -0.3 is 14.2 Å². The van der Waals surface area contributed by atoms with Crippen molar-refractivity contribution in [2.24, 2.45) is 0 Å². The van der Waals surface area contributed by atoms with Gasteiger partial charge in [-0.15, -0.1) is 0 Å². The van der Waals surface area contributed by atoms with Gasteiger partial charge in [0.05, 0.1) is 17.7 Å². The molecule has 1 unspecified atom stereocenters. The van der Waals surface area contributed by atoms with E-state index in [9.17, 15) is 9.59 Å². The quantitative estimate of drug-likeness (QED) is 0.770. The first-order valence-corrected chi connectivity index (χ1v) is 8.66. The van der Waals surface area contributed by atoms with E-state index in [1.165, 1.54) is 0 Å². The van der Waals surface area contributed by atoms with Gasteiger partial charge in [-0.3, -0.25) is 0 Å². The van der Waals surface area contributed by atoms with E-state index < -0.39 is 24.1 Å². The van der Waals surface area contributed by atoms with Crippen LogP contribution in [0.5, 0.6) is 0 Å². The number of carbonyl (C=O) groups excluding carboxylic acids is 2. The van der Waals surface area contributed by atoms with Crippen LogP contribution in [0.2, 0.25) is 0 Å². The predicted molar refractivity (Wildman–Crippen MR) is 96.2 cm³/mol. The number of rotatable bonds is 5. The Balaban J connectivity index is 1.54. The number of ether oxygens (including phenoxy) is 3. The number of hydrogen-bond donors (Lipinski definition) is 0. The van der Waals surface area contributed by atoms with E-state index in [1.54, 1.807) is 24.3 Å². The van der Waals surface area contributed by atoms with Gasteiger partial charge in [0, 0.05) is 6.42 Å². The molecule has 0 amide bonds. The molecule has 136 valence electrons. The molecular weight excluding hydrogens is 332 g/mol. The number of aryl methyl sites for hydroxylation is 2. The van der Waals surface area contributed by atoms with Gasteiger partial charge in [0.15, 0.2) is 0 Å². The maximum Gasteiger partial charge on any atom is 0.338 e. The Bertz CT molecular complexity index is 764. The summed E-state index contributed by atoms with van der Waals surface area (Å²) in [5.41, 5.74) is 3.13. The lowest BCUT2D eigenvalue weighted by Crippen LogP contribution is -2.32. The van der Waals surface area contributed by atoms with Gasteiger partial charge in [0.1, 0.15) is 18.8 Å². The zero-order valence-corrected chi connectivity index (χ0v) is 14.9. The highest BCUT2D eigenvalue weighted by Crippen LogP contribution is 2.20. The fraction of sp³-hybridized carbons (Fsp3) is 0.333. The third-order valence-corrected chi connectivity index (χ3v) is 4.36. The molecule has 1 aliphatic rings. The lowest BCUT2D eigenvalue weighted by Gasteiger charge is -2.19. The van der Waals surface area contributed by atoms with E-state index in [-0.39, 0.29) is 6.61 Å². The maximum atomic E-state index is 12.3. The second-order valence-electron chi connectivity index (χ2n) is 6.47. The second-order valence-corrected chi connectivity index (χ2v) is 6.47. The Morgan fingerprint density at radius 2 is 1.46 bits per heavy atom. The zero-order valence-electron chi connectivity index (χ0n) is 14.9. The molecule has 0 N–H and O–H groups in total. The smallest absolute Gasteiger partial charge is 0.338 e. The zero-order chi connectivity index (χ0) is 18.5. The van der Waals surface area contributed by atoms with Crippen molar-refractivity contribution in [3.63, 3.8) is 0 Å². The topological polar surface area (TPSA) is 61.8 Å². The van der Waals surface area contributed by atoms with Crippen LogP contribution in [-0.4, -0.2) is 37.4 Å². The molecule has 1 fully saturated rings. The van der Waals surface area contributed by atoms with E-state index in [4.69, 9.17) is 14.2 Å². The standard InChI is InChI=1S/C21H22O5/c1-14-3-7-16(8-4-14)20(22)25-13-19-18(11-12-24-19)26-21(23)17-9-5-15(2)6-10-17/h3-10,18-19H,11-13H2,1-2H3/t18-,19?/m1/s1. The SMILES string of the molecule is Cc1ccc(C(=O)OCC2OCC[C@H]2OC(=O)c2ccc(C)cc2)cc1. The van der Waals surface area contributed by atoms with Crippen LogP contribution in [0.25, 0.3) is 0 Å². The van der Waals surface area contributed by atoms with E-state index in [0.29, 0.717) is 24.2 Å². The van der Waals surface area contributed by atoms with Crippen molar-refractivity contribution in [3.8, 4) is 0 Å². The summed E-state index contributed by atoms with van der Waals surface area (Å²) in [6, 6.07) is 14.4. The molecule has 0 bridgehead atoms. The summed E-state index contributed by atoms with van der Waals surface area (Å²) in [6.07, 6.45) is -0.280. The normalized spacial score (nSPS) is 19.2. The number of esters is 2. The van der Waals surface area contributed by atoms with Gasteiger partial charge in [0.2, 0.25) is 0 Å². The lowest BCUT2D eigenvalue weighted by atomic mass is 10.1. The first-order valence-electron chi connectivity index (χ1n) is 8.66. The van der Waals surface area contributed by atoms with Crippen molar-refractivity contribution in [2.75, 3.05) is 13.2 Å². The van der Waals surface area contributed by atoms with Crippen molar-refractivity contribution in [1.82, 2.24) is 0 Å². The summed E-state index contributed by atoms with van der Waals surface area (Å²) in [4.78, 5) is 24.4. The van der Waals surface area contributed by atoms with Crippen LogP contribution in [-0.2, 0) is 14.2 Å². The molecule has 5 nitrogen and oxygen atoms in total. The Hall–Kier alpha value is -2.66. The molecule has 1 heterocycles. The molecule has 2 aromatic carbocycles. The van der Waals surface area contributed by atoms with Gasteiger partial charge in [-0.25, -0.2) is 9.59 Å². The fourth-order valence-corrected chi connectivity index (χ4v) is 2.75. The van der Waals surface area contributed by atoms with Crippen LogP contribution in [0.15, 0.2) is 48.5 Å². The Labute approximate surface area is 152 Å². The van der Waals surface area contributed by atoms with Gasteiger partial charge in [-0.1, -0.05) is 35.4 Å². The average molecular weight is 354 g/mol. The molecular formula is C21H22O5. The first kappa shape index (κ1) is 18.1. The largest absolute Gasteiger partial charge is 0.459 e. The van der Waals surface area contributed by atoms with Crippen molar-refractivity contribution >= 4 is 11.9 Å². The maximum absolute atomic E-state index is 12.3. The minimum absolute atomic E-state index is 0.0541. The van der Waals surface area contributed by atoms with E-state index in [2.05, 4.69) is 0 Å². The fourth-order valence-electron chi connectivity index (χ4n) is 2.75. The lowest BCUT2D eigenvalue weighted by molar-refractivity contribution is -0.0282. The predicted octanol–water partition coefficient (Wildman–Crippen LogP) is 3.47. The molecule has 2 atom stereocenters. The summed E-state index contributed by atoms with van der Waals surface area (Å²) in [6.45, 7) is 4.43. The second kappa shape index (κ2) is 8.15. The van der Waals surface area contributed by atoms with Crippen molar-refractivity contribution in [1.29, 1.82) is 0 Å². The van der Waals surface area contributed by atoms with Crippen LogP contribution in [0, 0.1) is 13.8 Å². The van der Waals surface area contributed by atoms with Gasteiger partial charge >= 0.3 is 11.9 Å². The molecule has 1 aliphatic heterocycles. The molecule has 1 saturated heterocycles. The monoisotopic (exact) mass is 354 g/mol. The van der Waals surface area contributed by atoms with Crippen molar-refractivity contribution in [2.45, 2.75) is 32.5 Å². The number of carbonyl (C=O) groups is 2. The first-order chi connectivity index (χ1) is 12.5. The molecule has 3 rings (SSSR count). The van der Waals surface area contributed by atoms with Crippen LogP contribution in [0.3, 0.4) is 0 Å². The Kier molecular flexibility index (Phi) is 5.68. The molecule has 2 aromatic rings. The summed E-state index contributed by atoms with van der Waals surface area (Å²) in [7, 11) is 0. The van der Waals surface area contributed by atoms with Crippen molar-refractivity contribution < 1.29 is 23.8 Å². The highest BCUT2D eigenvalue weighted by atomic mass is 16.6. The summed E-state index contributed by atoms with van der Waals surface area (Å²) >= 11 is 0. The van der Waals surface area contributed by atoms with Gasteiger partial charge in [0.25, 0.3) is 0 Å². The van der Waals surface area contributed by atoms with Crippen LogP contribution >= 0.6 is 0 Å². The van der Waals surface area contributed by atoms with E-state index in [1.807, 2.05) is 38.1 Å². The molecule has 0 aliphatic carbocycles. The molecule has 5 heteroatoms. The van der Waals surface area contributed by atoms with Crippen LogP contribution in [0.1, 0.15) is 38.3 Å². The van der Waals surface area contributed by atoms with E-state index >= 15 is 0 Å². The summed E-state index contributed by atoms with van der Waals surface area (Å²) in [5, 5.41) is 0. The van der Waals surface area contributed by atoms with Crippen LogP contribution in [0.4, 0.5) is 0 Å². The van der Waals surface area contributed by atoms with Crippen molar-refractivity contribution in [3.05, 3.63) is 70.8 Å². The molecule has 0 saturated carbocycles.